The minimum atomic E-state index is -1.00. The van der Waals surface area contributed by atoms with Gasteiger partial charge in [-0.15, -0.1) is 0 Å². The second kappa shape index (κ2) is 5.36. The van der Waals surface area contributed by atoms with Crippen molar-refractivity contribution in [2.45, 2.75) is 18.9 Å². The third-order valence-corrected chi connectivity index (χ3v) is 2.72. The van der Waals surface area contributed by atoms with E-state index in [4.69, 9.17) is 10.8 Å². The highest BCUT2D eigenvalue weighted by atomic mass is 79.9. The van der Waals surface area contributed by atoms with Crippen molar-refractivity contribution in [1.82, 2.24) is 0 Å². The summed E-state index contributed by atoms with van der Waals surface area (Å²) in [5, 5.41) is 8.46. The minimum Gasteiger partial charge on any atom is -0.481 e. The molecule has 0 spiro atoms. The summed E-state index contributed by atoms with van der Waals surface area (Å²) >= 11 is 2.92. The van der Waals surface area contributed by atoms with Gasteiger partial charge in [0.25, 0.3) is 0 Å². The summed E-state index contributed by atoms with van der Waals surface area (Å²) < 4.78 is 26.3. The number of carbonyl (C=O) groups is 1. The molecule has 0 aliphatic heterocycles. The fourth-order valence-corrected chi connectivity index (χ4v) is 1.62. The van der Waals surface area contributed by atoms with Gasteiger partial charge < -0.3 is 10.8 Å². The van der Waals surface area contributed by atoms with E-state index in [1.165, 1.54) is 6.07 Å². The van der Waals surface area contributed by atoms with Crippen LogP contribution in [0, 0.1) is 11.6 Å². The van der Waals surface area contributed by atoms with Gasteiger partial charge in [0, 0.05) is 24.1 Å². The Labute approximate surface area is 99.4 Å². The average Bonchev–Trinajstić information content (AvgIpc) is 2.20. The van der Waals surface area contributed by atoms with Crippen LogP contribution in [0.25, 0.3) is 0 Å². The molecule has 0 heterocycles. The Hall–Kier alpha value is -1.01. The van der Waals surface area contributed by atoms with Gasteiger partial charge in [-0.05, 0) is 28.4 Å². The van der Waals surface area contributed by atoms with Gasteiger partial charge >= 0.3 is 5.97 Å². The van der Waals surface area contributed by atoms with Crippen molar-refractivity contribution in [3.05, 3.63) is 33.8 Å². The Balaban J connectivity index is 2.86. The summed E-state index contributed by atoms with van der Waals surface area (Å²) in [6.07, 6.45) is -0.0556. The van der Waals surface area contributed by atoms with Gasteiger partial charge in [-0.1, -0.05) is 0 Å². The predicted octanol–water partition coefficient (Wildman–Crippen LogP) is 2.59. The van der Waals surface area contributed by atoms with Crippen LogP contribution in [0.1, 0.15) is 24.4 Å². The molecule has 1 aromatic rings. The van der Waals surface area contributed by atoms with Crippen molar-refractivity contribution in [2.24, 2.45) is 5.73 Å². The van der Waals surface area contributed by atoms with Gasteiger partial charge in [0.2, 0.25) is 0 Å². The zero-order valence-electron chi connectivity index (χ0n) is 8.21. The van der Waals surface area contributed by atoms with E-state index in [1.807, 2.05) is 0 Å². The van der Waals surface area contributed by atoms with E-state index >= 15 is 0 Å². The first-order valence-corrected chi connectivity index (χ1v) is 5.33. The first-order valence-electron chi connectivity index (χ1n) is 4.53. The molecule has 0 bridgehead atoms. The molecule has 16 heavy (non-hydrogen) atoms. The monoisotopic (exact) mass is 293 g/mol. The number of carboxylic acids is 1. The van der Waals surface area contributed by atoms with Crippen LogP contribution in [0.2, 0.25) is 0 Å². The van der Waals surface area contributed by atoms with E-state index in [1.54, 1.807) is 0 Å². The van der Waals surface area contributed by atoms with Gasteiger partial charge in [0.1, 0.15) is 11.6 Å². The van der Waals surface area contributed by atoms with E-state index in [2.05, 4.69) is 15.9 Å². The van der Waals surface area contributed by atoms with E-state index in [0.717, 1.165) is 6.07 Å². The number of carboxylic acid groups (broad SMARTS) is 1. The van der Waals surface area contributed by atoms with Crippen LogP contribution in [-0.2, 0) is 4.79 Å². The standard InChI is InChI=1S/C10H10BrF2NO2/c11-6-3-5(7(12)4-8(6)13)9(14)1-2-10(15)16/h3-4,9H,1-2,14H2,(H,15,16). The van der Waals surface area contributed by atoms with Gasteiger partial charge in [-0.3, -0.25) is 4.79 Å². The van der Waals surface area contributed by atoms with Crippen LogP contribution in [-0.4, -0.2) is 11.1 Å². The minimum absolute atomic E-state index is 0.102. The molecule has 3 N–H and O–H groups in total. The number of benzene rings is 1. The van der Waals surface area contributed by atoms with E-state index in [-0.39, 0.29) is 22.9 Å². The number of rotatable bonds is 4. The van der Waals surface area contributed by atoms with Gasteiger partial charge in [0.05, 0.1) is 4.47 Å². The smallest absolute Gasteiger partial charge is 0.303 e. The van der Waals surface area contributed by atoms with Crippen LogP contribution in [0.4, 0.5) is 8.78 Å². The van der Waals surface area contributed by atoms with E-state index < -0.39 is 23.6 Å². The molecule has 6 heteroatoms. The van der Waals surface area contributed by atoms with Crippen molar-refractivity contribution >= 4 is 21.9 Å². The van der Waals surface area contributed by atoms with Crippen molar-refractivity contribution < 1.29 is 18.7 Å². The highest BCUT2D eigenvalue weighted by Crippen LogP contribution is 2.25. The molecule has 0 aliphatic rings. The summed E-state index contributed by atoms with van der Waals surface area (Å²) in [6, 6.07) is 1.20. The Kier molecular flexibility index (Phi) is 4.37. The molecular weight excluding hydrogens is 284 g/mol. The van der Waals surface area contributed by atoms with Crippen molar-refractivity contribution in [3.8, 4) is 0 Å². The molecule has 88 valence electrons. The lowest BCUT2D eigenvalue weighted by atomic mass is 10.0. The van der Waals surface area contributed by atoms with Crippen molar-refractivity contribution in [1.29, 1.82) is 0 Å². The molecule has 0 aromatic heterocycles. The molecule has 0 amide bonds. The lowest BCUT2D eigenvalue weighted by Crippen LogP contribution is -2.14. The molecule has 0 saturated carbocycles. The number of aliphatic carboxylic acids is 1. The third-order valence-electron chi connectivity index (χ3n) is 2.11. The number of hydrogen-bond acceptors (Lipinski definition) is 2. The highest BCUT2D eigenvalue weighted by molar-refractivity contribution is 9.10. The Morgan fingerprint density at radius 3 is 2.62 bits per heavy atom. The van der Waals surface area contributed by atoms with Crippen molar-refractivity contribution in [2.75, 3.05) is 0 Å². The molecule has 1 unspecified atom stereocenters. The van der Waals surface area contributed by atoms with Gasteiger partial charge in [0.15, 0.2) is 0 Å². The second-order valence-corrected chi connectivity index (χ2v) is 4.18. The molecule has 0 radical (unpaired) electrons. The van der Waals surface area contributed by atoms with Crippen LogP contribution < -0.4 is 5.73 Å². The fourth-order valence-electron chi connectivity index (χ4n) is 1.26. The maximum atomic E-state index is 13.3. The van der Waals surface area contributed by atoms with Crippen molar-refractivity contribution in [3.63, 3.8) is 0 Å². The zero-order chi connectivity index (χ0) is 12.3. The Bertz CT molecular complexity index is 412. The maximum Gasteiger partial charge on any atom is 0.303 e. The normalized spacial score (nSPS) is 12.5. The first kappa shape index (κ1) is 13.1. The fraction of sp³-hybridized carbons (Fsp3) is 0.300. The lowest BCUT2D eigenvalue weighted by Gasteiger charge is -2.12. The van der Waals surface area contributed by atoms with Crippen LogP contribution in [0.3, 0.4) is 0 Å². The summed E-state index contributed by atoms with van der Waals surface area (Å²) in [5.41, 5.74) is 5.72. The number of halogens is 3. The third kappa shape index (κ3) is 3.24. The molecule has 1 atom stereocenters. The van der Waals surface area contributed by atoms with Crippen LogP contribution in [0.5, 0.6) is 0 Å². The summed E-state index contributed by atoms with van der Waals surface area (Å²) in [4.78, 5) is 10.3. The zero-order valence-corrected chi connectivity index (χ0v) is 9.80. The summed E-state index contributed by atoms with van der Waals surface area (Å²) in [7, 11) is 0. The first-order chi connectivity index (χ1) is 7.41. The molecule has 1 rings (SSSR count). The molecule has 0 aliphatic carbocycles. The van der Waals surface area contributed by atoms with Gasteiger partial charge in [-0.25, -0.2) is 8.78 Å². The largest absolute Gasteiger partial charge is 0.481 e. The van der Waals surface area contributed by atoms with E-state index in [0.29, 0.717) is 0 Å². The SMILES string of the molecule is NC(CCC(=O)O)c1cc(Br)c(F)cc1F. The topological polar surface area (TPSA) is 63.3 Å². The second-order valence-electron chi connectivity index (χ2n) is 3.33. The molecular formula is C10H10BrF2NO2. The molecule has 3 nitrogen and oxygen atoms in total. The number of hydrogen-bond donors (Lipinski definition) is 2. The number of nitrogens with two attached hydrogens (primary N) is 1. The predicted molar refractivity (Wildman–Crippen MR) is 57.9 cm³/mol. The molecule has 0 saturated heterocycles. The van der Waals surface area contributed by atoms with Crippen LogP contribution in [0.15, 0.2) is 16.6 Å². The molecule has 0 fully saturated rings. The summed E-state index contributed by atoms with van der Waals surface area (Å²) in [6.45, 7) is 0. The summed E-state index contributed by atoms with van der Waals surface area (Å²) in [5.74, 6) is -2.48. The van der Waals surface area contributed by atoms with Gasteiger partial charge in [-0.2, -0.15) is 0 Å². The average molecular weight is 294 g/mol. The highest BCUT2D eigenvalue weighted by Gasteiger charge is 2.15. The Morgan fingerprint density at radius 1 is 1.44 bits per heavy atom. The van der Waals surface area contributed by atoms with Crippen LogP contribution >= 0.6 is 15.9 Å². The maximum absolute atomic E-state index is 13.3. The Morgan fingerprint density at radius 2 is 2.06 bits per heavy atom. The lowest BCUT2D eigenvalue weighted by molar-refractivity contribution is -0.137. The quantitative estimate of drug-likeness (QED) is 0.839. The van der Waals surface area contributed by atoms with E-state index in [9.17, 15) is 13.6 Å². The molecule has 1 aromatic carbocycles.